The molecule has 2 aromatic heterocycles. The molecule has 0 saturated heterocycles. The van der Waals surface area contributed by atoms with E-state index in [0.717, 1.165) is 16.8 Å². The number of hydrogen-bond acceptors (Lipinski definition) is 6. The van der Waals surface area contributed by atoms with Gasteiger partial charge in [0.15, 0.2) is 5.84 Å². The number of rotatable bonds is 5. The number of hydrogen-bond donors (Lipinski definition) is 2. The predicted molar refractivity (Wildman–Crippen MR) is 139 cm³/mol. The molecule has 8 nitrogen and oxygen atoms in total. The Balaban J connectivity index is 1.63. The van der Waals surface area contributed by atoms with E-state index in [1.807, 2.05) is 48.5 Å². The lowest BCUT2D eigenvalue weighted by molar-refractivity contribution is 0.0864. The highest BCUT2D eigenvalue weighted by molar-refractivity contribution is 14.1. The number of hydrazine groups is 1. The van der Waals surface area contributed by atoms with Gasteiger partial charge in [-0.15, -0.1) is 0 Å². The van der Waals surface area contributed by atoms with Gasteiger partial charge in [0.1, 0.15) is 21.2 Å². The van der Waals surface area contributed by atoms with Crippen LogP contribution in [-0.4, -0.2) is 39.0 Å². The highest BCUT2D eigenvalue weighted by Crippen LogP contribution is 2.44. The number of fused-ring (bicyclic) bond motifs is 1. The van der Waals surface area contributed by atoms with E-state index in [1.165, 1.54) is 6.20 Å². The van der Waals surface area contributed by atoms with Crippen molar-refractivity contribution in [3.63, 3.8) is 0 Å². The number of amides is 1. The molecule has 0 spiro atoms. The van der Waals surface area contributed by atoms with Crippen molar-refractivity contribution in [1.82, 2.24) is 25.6 Å². The van der Waals surface area contributed by atoms with Crippen molar-refractivity contribution in [2.75, 3.05) is 7.11 Å². The zero-order chi connectivity index (χ0) is 23.7. The molecule has 170 valence electrons. The average Bonchev–Trinajstić information content (AvgIpc) is 3.30. The fourth-order valence-electron chi connectivity index (χ4n) is 3.61. The second-order valence-corrected chi connectivity index (χ2v) is 8.96. The number of pyridine rings is 1. The number of alkyl halides is 1. The second-order valence-electron chi connectivity index (χ2n) is 7.37. The SMILES string of the molecule is COc1cccc(C2=Nc3c(-c4ccccc4Cl)n[nH]c3C(I)N2NC(=O)c2cccnc2)c1. The first-order chi connectivity index (χ1) is 16.6. The molecule has 0 aliphatic carbocycles. The van der Waals surface area contributed by atoms with Crippen LogP contribution in [0.15, 0.2) is 78.0 Å². The van der Waals surface area contributed by atoms with Crippen LogP contribution in [0.2, 0.25) is 5.02 Å². The van der Waals surface area contributed by atoms with Gasteiger partial charge in [-0.1, -0.05) is 41.9 Å². The molecule has 1 aliphatic heterocycles. The van der Waals surface area contributed by atoms with E-state index >= 15 is 0 Å². The van der Waals surface area contributed by atoms with Crippen LogP contribution in [0.4, 0.5) is 5.69 Å². The molecule has 34 heavy (non-hydrogen) atoms. The van der Waals surface area contributed by atoms with Gasteiger partial charge in [0.05, 0.1) is 23.4 Å². The van der Waals surface area contributed by atoms with Crippen LogP contribution in [0.25, 0.3) is 11.3 Å². The number of carbonyl (C=O) groups is 1. The number of aromatic amines is 1. The zero-order valence-corrected chi connectivity index (χ0v) is 20.8. The monoisotopic (exact) mass is 584 g/mol. The number of aliphatic imine (C=N–C) groups is 1. The summed E-state index contributed by atoms with van der Waals surface area (Å²) in [4.78, 5) is 22.0. The van der Waals surface area contributed by atoms with Crippen LogP contribution in [0.1, 0.15) is 25.7 Å². The summed E-state index contributed by atoms with van der Waals surface area (Å²) in [6.45, 7) is 0. The van der Waals surface area contributed by atoms with E-state index in [4.69, 9.17) is 21.3 Å². The number of H-pyrrole nitrogens is 1. The van der Waals surface area contributed by atoms with Gasteiger partial charge >= 0.3 is 0 Å². The van der Waals surface area contributed by atoms with Gasteiger partial charge in [-0.25, -0.2) is 10.0 Å². The Bertz CT molecular complexity index is 1390. The van der Waals surface area contributed by atoms with E-state index in [9.17, 15) is 4.79 Å². The Labute approximate surface area is 214 Å². The average molecular weight is 585 g/mol. The van der Waals surface area contributed by atoms with Crippen molar-refractivity contribution in [2.45, 2.75) is 4.05 Å². The minimum absolute atomic E-state index is 0.306. The first kappa shape index (κ1) is 22.4. The van der Waals surface area contributed by atoms with E-state index in [1.54, 1.807) is 30.4 Å². The predicted octanol–water partition coefficient (Wildman–Crippen LogP) is 5.31. The van der Waals surface area contributed by atoms with Crippen LogP contribution in [0.5, 0.6) is 5.75 Å². The number of methoxy groups -OCH3 is 1. The van der Waals surface area contributed by atoms with Crippen molar-refractivity contribution in [3.8, 4) is 17.0 Å². The molecule has 3 heterocycles. The number of aromatic nitrogens is 3. The molecule has 2 aromatic carbocycles. The molecule has 5 rings (SSSR count). The lowest BCUT2D eigenvalue weighted by atomic mass is 10.1. The van der Waals surface area contributed by atoms with E-state index in [0.29, 0.717) is 33.6 Å². The van der Waals surface area contributed by atoms with Crippen LogP contribution in [0.3, 0.4) is 0 Å². The Morgan fingerprint density at radius 2 is 2.03 bits per heavy atom. The maximum absolute atomic E-state index is 13.0. The third-order valence-corrected chi connectivity index (χ3v) is 6.79. The lowest BCUT2D eigenvalue weighted by Crippen LogP contribution is -2.48. The summed E-state index contributed by atoms with van der Waals surface area (Å²) >= 11 is 8.70. The molecule has 0 radical (unpaired) electrons. The Morgan fingerprint density at radius 3 is 2.79 bits per heavy atom. The van der Waals surface area contributed by atoms with Crippen molar-refractivity contribution in [2.24, 2.45) is 4.99 Å². The van der Waals surface area contributed by atoms with Crippen LogP contribution in [-0.2, 0) is 0 Å². The number of nitrogens with one attached hydrogen (secondary N) is 2. The second kappa shape index (κ2) is 9.43. The minimum atomic E-state index is -0.337. The summed E-state index contributed by atoms with van der Waals surface area (Å²) in [5.41, 5.74) is 6.99. The summed E-state index contributed by atoms with van der Waals surface area (Å²) in [5, 5.41) is 9.89. The zero-order valence-electron chi connectivity index (χ0n) is 17.9. The van der Waals surface area contributed by atoms with Gasteiger partial charge in [-0.05, 0) is 52.9 Å². The maximum atomic E-state index is 13.0. The number of benzene rings is 2. The molecule has 1 unspecified atom stereocenters. The summed E-state index contributed by atoms with van der Waals surface area (Å²) in [5.74, 6) is 0.908. The molecular formula is C24H18ClIN6O2. The third-order valence-electron chi connectivity index (χ3n) is 5.28. The van der Waals surface area contributed by atoms with Gasteiger partial charge < -0.3 is 4.74 Å². The number of amidine groups is 1. The van der Waals surface area contributed by atoms with E-state index < -0.39 is 0 Å². The summed E-state index contributed by atoms with van der Waals surface area (Å²) in [6.07, 6.45) is 3.13. The number of halogens is 2. The highest BCUT2D eigenvalue weighted by atomic mass is 127. The maximum Gasteiger partial charge on any atom is 0.271 e. The number of ether oxygens (including phenoxy) is 1. The third kappa shape index (κ3) is 4.12. The standard InChI is InChI=1S/C24H18ClIN6O2/c1-34-16-8-4-6-14(12-16)23-28-20-19(17-9-2-3-10-18(17)25)29-30-21(20)22(26)32(23)31-24(33)15-7-5-11-27-13-15/h2-13,22H,1H3,(H,29,30)(H,31,33). The minimum Gasteiger partial charge on any atom is -0.497 e. The van der Waals surface area contributed by atoms with Gasteiger partial charge in [-0.3, -0.25) is 20.3 Å². The quantitative estimate of drug-likeness (QED) is 0.188. The first-order valence-corrected chi connectivity index (χ1v) is 11.9. The topological polar surface area (TPSA) is 95.5 Å². The molecule has 0 fully saturated rings. The molecule has 1 atom stereocenters. The summed E-state index contributed by atoms with van der Waals surface area (Å²) in [7, 11) is 1.61. The van der Waals surface area contributed by atoms with Crippen molar-refractivity contribution in [3.05, 3.63) is 94.9 Å². The summed E-state index contributed by atoms with van der Waals surface area (Å²) in [6, 6.07) is 18.4. The number of nitrogens with zero attached hydrogens (tertiary/aromatic N) is 4. The van der Waals surface area contributed by atoms with Gasteiger partial charge in [0.2, 0.25) is 0 Å². The molecule has 10 heteroatoms. The lowest BCUT2D eigenvalue weighted by Gasteiger charge is -2.33. The van der Waals surface area contributed by atoms with Crippen molar-refractivity contribution in [1.29, 1.82) is 0 Å². The van der Waals surface area contributed by atoms with Crippen LogP contribution >= 0.6 is 34.2 Å². The van der Waals surface area contributed by atoms with Gasteiger partial charge in [-0.2, -0.15) is 5.10 Å². The fourth-order valence-corrected chi connectivity index (χ4v) is 4.68. The molecule has 2 N–H and O–H groups in total. The fraction of sp³-hybridized carbons (Fsp3) is 0.0833. The largest absolute Gasteiger partial charge is 0.497 e. The molecule has 1 amide bonds. The molecule has 0 saturated carbocycles. The van der Waals surface area contributed by atoms with Crippen LogP contribution < -0.4 is 10.2 Å². The normalized spacial score (nSPS) is 14.9. The molecule has 4 aromatic rings. The Kier molecular flexibility index (Phi) is 6.20. The highest BCUT2D eigenvalue weighted by Gasteiger charge is 2.34. The van der Waals surface area contributed by atoms with Crippen LogP contribution in [0, 0.1) is 0 Å². The van der Waals surface area contributed by atoms with Gasteiger partial charge in [0, 0.05) is 23.5 Å². The van der Waals surface area contributed by atoms with Crippen molar-refractivity contribution < 1.29 is 9.53 Å². The molecule has 1 aliphatic rings. The smallest absolute Gasteiger partial charge is 0.271 e. The summed E-state index contributed by atoms with van der Waals surface area (Å²) < 4.78 is 5.08. The van der Waals surface area contributed by atoms with Crippen molar-refractivity contribution >= 4 is 51.6 Å². The Morgan fingerprint density at radius 1 is 1.18 bits per heavy atom. The number of carbonyl (C=O) groups excluding carboxylic acids is 1. The molecular weight excluding hydrogens is 567 g/mol. The van der Waals surface area contributed by atoms with Gasteiger partial charge in [0.25, 0.3) is 5.91 Å². The van der Waals surface area contributed by atoms with E-state index in [2.05, 4.69) is 43.2 Å². The van der Waals surface area contributed by atoms with E-state index in [-0.39, 0.29) is 9.96 Å². The first-order valence-electron chi connectivity index (χ1n) is 10.3. The Hall–Kier alpha value is -3.44. The molecule has 0 bridgehead atoms.